The maximum Gasteiger partial charge on any atom is 0.0593 e. The average Bonchev–Trinajstić information content (AvgIpc) is 2.86. The quantitative estimate of drug-likeness (QED) is 0.582. The van der Waals surface area contributed by atoms with E-state index >= 15 is 0 Å². The van der Waals surface area contributed by atoms with E-state index in [9.17, 15) is 0 Å². The minimum atomic E-state index is 0.647. The molecule has 0 heterocycles. The van der Waals surface area contributed by atoms with Gasteiger partial charge in [0.05, 0.1) is 13.2 Å². The first-order chi connectivity index (χ1) is 9.33. The van der Waals surface area contributed by atoms with E-state index in [1.165, 1.54) is 19.3 Å². The highest BCUT2D eigenvalue weighted by atomic mass is 16.5. The van der Waals surface area contributed by atoms with Crippen LogP contribution < -0.4 is 5.32 Å². The van der Waals surface area contributed by atoms with Gasteiger partial charge in [-0.1, -0.05) is 13.3 Å². The van der Waals surface area contributed by atoms with Crippen molar-refractivity contribution in [1.82, 2.24) is 10.2 Å². The molecule has 2 unspecified atom stereocenters. The van der Waals surface area contributed by atoms with E-state index in [-0.39, 0.29) is 0 Å². The van der Waals surface area contributed by atoms with E-state index in [0.717, 1.165) is 46.1 Å². The topological polar surface area (TPSA) is 33.7 Å². The lowest BCUT2D eigenvalue weighted by molar-refractivity contribution is 0.0577. The molecule has 1 rings (SSSR count). The predicted octanol–water partition coefficient (Wildman–Crippen LogP) is 1.89. The number of ether oxygens (including phenoxy) is 2. The number of hydrogen-bond acceptors (Lipinski definition) is 4. The zero-order chi connectivity index (χ0) is 13.9. The van der Waals surface area contributed by atoms with Crippen LogP contribution in [0.1, 0.15) is 40.0 Å². The minimum absolute atomic E-state index is 0.647. The Labute approximate surface area is 118 Å². The smallest absolute Gasteiger partial charge is 0.0593 e. The molecule has 1 N–H and O–H groups in total. The van der Waals surface area contributed by atoms with Gasteiger partial charge in [-0.05, 0) is 33.2 Å². The first-order valence-corrected chi connectivity index (χ1v) is 7.96. The Kier molecular flexibility index (Phi) is 9.43. The summed E-state index contributed by atoms with van der Waals surface area (Å²) in [7, 11) is 0. The third kappa shape index (κ3) is 6.21. The van der Waals surface area contributed by atoms with Crippen LogP contribution >= 0.6 is 0 Å². The molecule has 0 radical (unpaired) electrons. The number of likely N-dealkylation sites (N-methyl/N-ethyl adjacent to an activating group) is 1. The Hall–Kier alpha value is -0.160. The fourth-order valence-corrected chi connectivity index (χ4v) is 2.97. The molecule has 0 aromatic heterocycles. The normalized spacial score (nSPS) is 23.4. The Morgan fingerprint density at radius 1 is 1.00 bits per heavy atom. The van der Waals surface area contributed by atoms with Gasteiger partial charge in [0.2, 0.25) is 0 Å². The maximum atomic E-state index is 5.52. The molecule has 1 aliphatic rings. The van der Waals surface area contributed by atoms with Gasteiger partial charge in [-0.2, -0.15) is 0 Å². The summed E-state index contributed by atoms with van der Waals surface area (Å²) in [5, 5.41) is 3.63. The molecule has 0 bridgehead atoms. The maximum absolute atomic E-state index is 5.52. The Morgan fingerprint density at radius 2 is 1.63 bits per heavy atom. The second-order valence-electron chi connectivity index (χ2n) is 5.09. The van der Waals surface area contributed by atoms with E-state index in [1.54, 1.807) is 0 Å². The van der Waals surface area contributed by atoms with Crippen LogP contribution in [0.15, 0.2) is 0 Å². The Bertz CT molecular complexity index is 204. The lowest BCUT2D eigenvalue weighted by Gasteiger charge is -2.33. The molecule has 0 aromatic carbocycles. The van der Waals surface area contributed by atoms with Crippen molar-refractivity contribution in [1.29, 1.82) is 0 Å². The molecule has 1 fully saturated rings. The summed E-state index contributed by atoms with van der Waals surface area (Å²) in [5.41, 5.74) is 0. The molecule has 19 heavy (non-hydrogen) atoms. The molecule has 4 heteroatoms. The van der Waals surface area contributed by atoms with Crippen molar-refractivity contribution < 1.29 is 9.47 Å². The first-order valence-electron chi connectivity index (χ1n) is 7.96. The van der Waals surface area contributed by atoms with Crippen molar-refractivity contribution in [3.05, 3.63) is 0 Å². The highest BCUT2D eigenvalue weighted by molar-refractivity contribution is 4.90. The van der Waals surface area contributed by atoms with Crippen LogP contribution in [0.4, 0.5) is 0 Å². The zero-order valence-electron chi connectivity index (χ0n) is 13.0. The molecule has 0 saturated heterocycles. The van der Waals surface area contributed by atoms with Crippen LogP contribution in [0.3, 0.4) is 0 Å². The van der Waals surface area contributed by atoms with Crippen LogP contribution in [0.2, 0.25) is 0 Å². The van der Waals surface area contributed by atoms with Gasteiger partial charge >= 0.3 is 0 Å². The average molecular weight is 272 g/mol. The molecule has 1 aliphatic carbocycles. The van der Waals surface area contributed by atoms with E-state index < -0.39 is 0 Å². The van der Waals surface area contributed by atoms with E-state index in [2.05, 4.69) is 31.0 Å². The van der Waals surface area contributed by atoms with Crippen molar-refractivity contribution in [2.75, 3.05) is 46.1 Å². The van der Waals surface area contributed by atoms with Crippen LogP contribution in [0, 0.1) is 0 Å². The number of hydrogen-bond donors (Lipinski definition) is 1. The largest absolute Gasteiger partial charge is 0.380 e. The molecule has 4 nitrogen and oxygen atoms in total. The standard InChI is InChI=1S/C15H32N2O2/c1-4-16-14-8-7-9-15(14)17(10-12-18-5-2)11-13-19-6-3/h14-16H,4-13H2,1-3H3. The molecular formula is C15H32N2O2. The van der Waals surface area contributed by atoms with Gasteiger partial charge in [-0.3, -0.25) is 4.90 Å². The van der Waals surface area contributed by atoms with Crippen molar-refractivity contribution in [3.8, 4) is 0 Å². The van der Waals surface area contributed by atoms with Crippen LogP contribution in [-0.4, -0.2) is 63.0 Å². The van der Waals surface area contributed by atoms with Gasteiger partial charge in [0, 0.05) is 38.4 Å². The fraction of sp³-hybridized carbons (Fsp3) is 1.00. The molecule has 0 aliphatic heterocycles. The van der Waals surface area contributed by atoms with Gasteiger partial charge in [-0.25, -0.2) is 0 Å². The monoisotopic (exact) mass is 272 g/mol. The number of rotatable bonds is 11. The van der Waals surface area contributed by atoms with Crippen molar-refractivity contribution in [2.24, 2.45) is 0 Å². The number of nitrogens with zero attached hydrogens (tertiary/aromatic N) is 1. The third-order valence-corrected chi connectivity index (χ3v) is 3.87. The first kappa shape index (κ1) is 16.9. The van der Waals surface area contributed by atoms with Crippen molar-refractivity contribution in [2.45, 2.75) is 52.1 Å². The van der Waals surface area contributed by atoms with Gasteiger partial charge < -0.3 is 14.8 Å². The molecular weight excluding hydrogens is 240 g/mol. The Morgan fingerprint density at radius 3 is 2.16 bits per heavy atom. The summed E-state index contributed by atoms with van der Waals surface area (Å²) in [6.45, 7) is 12.7. The van der Waals surface area contributed by atoms with Crippen LogP contribution in [-0.2, 0) is 9.47 Å². The highest BCUT2D eigenvalue weighted by Gasteiger charge is 2.31. The van der Waals surface area contributed by atoms with Gasteiger partial charge in [-0.15, -0.1) is 0 Å². The fourth-order valence-electron chi connectivity index (χ4n) is 2.97. The Balaban J connectivity index is 2.44. The molecule has 0 spiro atoms. The SMILES string of the molecule is CCNC1CCCC1N(CCOCC)CCOCC. The summed E-state index contributed by atoms with van der Waals surface area (Å²) >= 11 is 0. The lowest BCUT2D eigenvalue weighted by atomic mass is 10.1. The second kappa shape index (κ2) is 10.6. The van der Waals surface area contributed by atoms with Crippen molar-refractivity contribution >= 4 is 0 Å². The molecule has 1 saturated carbocycles. The second-order valence-corrected chi connectivity index (χ2v) is 5.09. The molecule has 114 valence electrons. The van der Waals surface area contributed by atoms with Crippen LogP contribution in [0.25, 0.3) is 0 Å². The highest BCUT2D eigenvalue weighted by Crippen LogP contribution is 2.24. The lowest BCUT2D eigenvalue weighted by Crippen LogP contribution is -2.49. The zero-order valence-corrected chi connectivity index (χ0v) is 13.0. The van der Waals surface area contributed by atoms with Gasteiger partial charge in [0.15, 0.2) is 0 Å². The van der Waals surface area contributed by atoms with Crippen LogP contribution in [0.5, 0.6) is 0 Å². The summed E-state index contributed by atoms with van der Waals surface area (Å²) < 4.78 is 11.0. The van der Waals surface area contributed by atoms with E-state index in [1.807, 2.05) is 0 Å². The minimum Gasteiger partial charge on any atom is -0.380 e. The van der Waals surface area contributed by atoms with E-state index in [4.69, 9.17) is 9.47 Å². The van der Waals surface area contributed by atoms with E-state index in [0.29, 0.717) is 12.1 Å². The summed E-state index contributed by atoms with van der Waals surface area (Å²) in [4.78, 5) is 2.56. The molecule has 0 aromatic rings. The summed E-state index contributed by atoms with van der Waals surface area (Å²) in [6, 6.07) is 1.30. The molecule has 2 atom stereocenters. The van der Waals surface area contributed by atoms with Crippen molar-refractivity contribution in [3.63, 3.8) is 0 Å². The van der Waals surface area contributed by atoms with Gasteiger partial charge in [0.1, 0.15) is 0 Å². The third-order valence-electron chi connectivity index (χ3n) is 3.87. The van der Waals surface area contributed by atoms with Gasteiger partial charge in [0.25, 0.3) is 0 Å². The number of nitrogens with one attached hydrogen (secondary N) is 1. The summed E-state index contributed by atoms with van der Waals surface area (Å²) in [5.74, 6) is 0. The predicted molar refractivity (Wildman–Crippen MR) is 79.7 cm³/mol. The molecule has 0 amide bonds. The summed E-state index contributed by atoms with van der Waals surface area (Å²) in [6.07, 6.45) is 3.94.